The Bertz CT molecular complexity index is 1100. The highest BCUT2D eigenvalue weighted by Gasteiger charge is 2.41. The molecule has 1 aliphatic heterocycles. The fourth-order valence-corrected chi connectivity index (χ4v) is 4.41. The zero-order chi connectivity index (χ0) is 23.2. The van der Waals surface area contributed by atoms with Crippen molar-refractivity contribution in [1.82, 2.24) is 5.32 Å². The molecule has 170 valence electrons. The van der Waals surface area contributed by atoms with Gasteiger partial charge in [-0.2, -0.15) is 0 Å². The minimum atomic E-state index is -0.404. The van der Waals surface area contributed by atoms with Gasteiger partial charge in [0.25, 0.3) is 0 Å². The molecule has 1 fully saturated rings. The molecule has 1 aliphatic rings. The molecule has 2 amide bonds. The van der Waals surface area contributed by atoms with Crippen molar-refractivity contribution in [2.24, 2.45) is 5.92 Å². The number of piperidine rings is 1. The van der Waals surface area contributed by atoms with Crippen LogP contribution in [0.25, 0.3) is 0 Å². The Kier molecular flexibility index (Phi) is 6.93. The summed E-state index contributed by atoms with van der Waals surface area (Å²) in [5.74, 6) is 0.979. The zero-order valence-corrected chi connectivity index (χ0v) is 18.9. The number of anilines is 1. The topological polar surface area (TPSA) is 67.9 Å². The first-order chi connectivity index (χ1) is 16.1. The van der Waals surface area contributed by atoms with Crippen LogP contribution in [-0.4, -0.2) is 26.0 Å². The number of rotatable bonds is 7. The van der Waals surface area contributed by atoms with E-state index in [-0.39, 0.29) is 17.7 Å². The predicted octanol–water partition coefficient (Wildman–Crippen LogP) is 4.50. The van der Waals surface area contributed by atoms with Crippen LogP contribution in [-0.2, 0) is 16.1 Å². The zero-order valence-electron chi connectivity index (χ0n) is 18.9. The Morgan fingerprint density at radius 1 is 0.939 bits per heavy atom. The van der Waals surface area contributed by atoms with Gasteiger partial charge < -0.3 is 19.7 Å². The van der Waals surface area contributed by atoms with Crippen LogP contribution in [0.1, 0.15) is 30.0 Å². The Morgan fingerprint density at radius 3 is 2.33 bits per heavy atom. The molecule has 3 aromatic carbocycles. The number of methoxy groups -OCH3 is 2. The third-order valence-electron chi connectivity index (χ3n) is 6.07. The first kappa shape index (κ1) is 22.4. The van der Waals surface area contributed by atoms with Crippen LogP contribution < -0.4 is 19.7 Å². The predicted molar refractivity (Wildman–Crippen MR) is 127 cm³/mol. The summed E-state index contributed by atoms with van der Waals surface area (Å²) in [5, 5.41) is 3.07. The van der Waals surface area contributed by atoms with Gasteiger partial charge >= 0.3 is 0 Å². The average Bonchev–Trinajstić information content (AvgIpc) is 2.87. The molecule has 0 bridgehead atoms. The number of nitrogens with one attached hydrogen (secondary N) is 1. The Labute approximate surface area is 194 Å². The maximum atomic E-state index is 13.4. The highest BCUT2D eigenvalue weighted by Crippen LogP contribution is 2.40. The van der Waals surface area contributed by atoms with Gasteiger partial charge in [0.2, 0.25) is 11.8 Å². The quantitative estimate of drug-likeness (QED) is 0.583. The molecule has 33 heavy (non-hydrogen) atoms. The molecule has 6 heteroatoms. The second-order valence-electron chi connectivity index (χ2n) is 7.99. The fraction of sp³-hybridized carbons (Fsp3) is 0.259. The van der Waals surface area contributed by atoms with Crippen molar-refractivity contribution in [2.45, 2.75) is 25.4 Å². The second-order valence-corrected chi connectivity index (χ2v) is 7.99. The monoisotopic (exact) mass is 444 g/mol. The minimum absolute atomic E-state index is 0.00259. The molecule has 1 heterocycles. The van der Waals surface area contributed by atoms with Crippen LogP contribution in [0.5, 0.6) is 11.5 Å². The van der Waals surface area contributed by atoms with Crippen LogP contribution in [0.3, 0.4) is 0 Å². The van der Waals surface area contributed by atoms with Crippen molar-refractivity contribution in [1.29, 1.82) is 0 Å². The molecule has 0 spiro atoms. The normalized spacial score (nSPS) is 18.0. The maximum Gasteiger partial charge on any atom is 0.227 e. The van der Waals surface area contributed by atoms with E-state index < -0.39 is 6.04 Å². The van der Waals surface area contributed by atoms with E-state index >= 15 is 0 Å². The van der Waals surface area contributed by atoms with E-state index in [1.165, 1.54) is 0 Å². The van der Waals surface area contributed by atoms with Gasteiger partial charge in [0.05, 0.1) is 26.2 Å². The number of nitrogens with zero attached hydrogens (tertiary/aromatic N) is 1. The van der Waals surface area contributed by atoms with Gasteiger partial charge in [-0.3, -0.25) is 9.59 Å². The third-order valence-corrected chi connectivity index (χ3v) is 6.07. The molecular weight excluding hydrogens is 416 g/mol. The van der Waals surface area contributed by atoms with Crippen LogP contribution >= 0.6 is 0 Å². The van der Waals surface area contributed by atoms with Crippen LogP contribution in [0, 0.1) is 5.92 Å². The molecule has 0 saturated carbocycles. The van der Waals surface area contributed by atoms with Gasteiger partial charge in [-0.05, 0) is 42.3 Å². The summed E-state index contributed by atoms with van der Waals surface area (Å²) in [5.41, 5.74) is 2.58. The van der Waals surface area contributed by atoms with E-state index in [2.05, 4.69) is 5.32 Å². The van der Waals surface area contributed by atoms with Crippen LogP contribution in [0.4, 0.5) is 5.69 Å². The highest BCUT2D eigenvalue weighted by atomic mass is 16.5. The van der Waals surface area contributed by atoms with Gasteiger partial charge in [-0.25, -0.2) is 0 Å². The van der Waals surface area contributed by atoms with Crippen molar-refractivity contribution in [3.63, 3.8) is 0 Å². The minimum Gasteiger partial charge on any atom is -0.497 e. The summed E-state index contributed by atoms with van der Waals surface area (Å²) < 4.78 is 10.7. The number of carbonyl (C=O) groups excluding carboxylic acids is 2. The Morgan fingerprint density at radius 2 is 1.64 bits per heavy atom. The fourth-order valence-electron chi connectivity index (χ4n) is 4.41. The third kappa shape index (κ3) is 4.85. The van der Waals surface area contributed by atoms with Crippen molar-refractivity contribution < 1.29 is 19.1 Å². The number of benzene rings is 3. The van der Waals surface area contributed by atoms with E-state index in [1.807, 2.05) is 78.9 Å². The molecule has 2 atom stereocenters. The standard InChI is InChI=1S/C27H28N2O4/c1-32-22-14-12-21(13-15-22)29-25(30)17-16-23(26(29)19-8-4-3-5-9-19)27(31)28-18-20-10-6-7-11-24(20)33-2/h3-15,23,26H,16-18H2,1-2H3,(H,28,31). The van der Waals surface area contributed by atoms with Gasteiger partial charge in [-0.15, -0.1) is 0 Å². The lowest BCUT2D eigenvalue weighted by Gasteiger charge is -2.41. The van der Waals surface area contributed by atoms with Gasteiger partial charge in [-0.1, -0.05) is 48.5 Å². The van der Waals surface area contributed by atoms with Gasteiger partial charge in [0.15, 0.2) is 0 Å². The molecule has 2 unspecified atom stereocenters. The van der Waals surface area contributed by atoms with Crippen molar-refractivity contribution >= 4 is 17.5 Å². The van der Waals surface area contributed by atoms with Crippen LogP contribution in [0.2, 0.25) is 0 Å². The molecule has 4 rings (SSSR count). The largest absolute Gasteiger partial charge is 0.497 e. The second kappa shape index (κ2) is 10.2. The number of carbonyl (C=O) groups is 2. The van der Waals surface area contributed by atoms with Crippen molar-refractivity contribution in [3.8, 4) is 11.5 Å². The number of amides is 2. The summed E-state index contributed by atoms with van der Waals surface area (Å²) in [6.07, 6.45) is 0.797. The summed E-state index contributed by atoms with van der Waals surface area (Å²) in [4.78, 5) is 28.3. The summed E-state index contributed by atoms with van der Waals surface area (Å²) in [6.45, 7) is 0.358. The molecule has 1 saturated heterocycles. The molecule has 6 nitrogen and oxygen atoms in total. The lowest BCUT2D eigenvalue weighted by molar-refractivity contribution is -0.129. The molecule has 0 aromatic heterocycles. The number of para-hydroxylation sites is 1. The lowest BCUT2D eigenvalue weighted by Crippen LogP contribution is -2.48. The average molecular weight is 445 g/mol. The smallest absolute Gasteiger partial charge is 0.227 e. The summed E-state index contributed by atoms with van der Waals surface area (Å²) in [6, 6.07) is 24.4. The Hall–Kier alpha value is -3.80. The van der Waals surface area contributed by atoms with Crippen molar-refractivity contribution in [2.75, 3.05) is 19.1 Å². The SMILES string of the molecule is COc1ccc(N2C(=O)CCC(C(=O)NCc3ccccc3OC)C2c2ccccc2)cc1. The van der Waals surface area contributed by atoms with Gasteiger partial charge in [0.1, 0.15) is 11.5 Å². The Balaban J connectivity index is 1.64. The molecule has 0 aliphatic carbocycles. The lowest BCUT2D eigenvalue weighted by atomic mass is 9.83. The molecule has 0 radical (unpaired) electrons. The summed E-state index contributed by atoms with van der Waals surface area (Å²) >= 11 is 0. The van der Waals surface area contributed by atoms with Gasteiger partial charge in [0, 0.05) is 24.2 Å². The van der Waals surface area contributed by atoms with E-state index in [4.69, 9.17) is 9.47 Å². The molecular formula is C27H28N2O4. The van der Waals surface area contributed by atoms with Crippen molar-refractivity contribution in [3.05, 3.63) is 90.0 Å². The van der Waals surface area contributed by atoms with E-state index in [1.54, 1.807) is 19.1 Å². The maximum absolute atomic E-state index is 13.4. The molecule has 1 N–H and O–H groups in total. The molecule has 3 aromatic rings. The van der Waals surface area contributed by atoms with E-state index in [9.17, 15) is 9.59 Å². The first-order valence-electron chi connectivity index (χ1n) is 11.0. The number of hydrogen-bond donors (Lipinski definition) is 1. The first-order valence-corrected chi connectivity index (χ1v) is 11.0. The summed E-state index contributed by atoms with van der Waals surface area (Å²) in [7, 11) is 3.22. The van der Waals surface area contributed by atoms with Crippen LogP contribution in [0.15, 0.2) is 78.9 Å². The van der Waals surface area contributed by atoms with E-state index in [0.717, 1.165) is 22.6 Å². The van der Waals surface area contributed by atoms with E-state index in [0.29, 0.717) is 25.1 Å². The number of ether oxygens (including phenoxy) is 2. The highest BCUT2D eigenvalue weighted by molar-refractivity contribution is 5.97. The number of hydrogen-bond acceptors (Lipinski definition) is 4.